The molecular formula is C13H16N4O3. The average molecular weight is 276 g/mol. The first-order valence-electron chi connectivity index (χ1n) is 6.67. The summed E-state index contributed by atoms with van der Waals surface area (Å²) in [6, 6.07) is 1.33. The van der Waals surface area contributed by atoms with Gasteiger partial charge >= 0.3 is 0 Å². The van der Waals surface area contributed by atoms with E-state index in [9.17, 15) is 14.9 Å². The van der Waals surface area contributed by atoms with E-state index in [1.807, 2.05) is 0 Å². The SMILES string of the molecule is Cc1ncc([N+](=O)[O-])cc1C(=O)N1C[C@H]2CNC[C@H]2C1. The fraction of sp³-hybridized carbons (Fsp3) is 0.538. The molecule has 3 rings (SSSR count). The largest absolute Gasteiger partial charge is 0.338 e. The number of carbonyl (C=O) groups excluding carboxylic acids is 1. The Morgan fingerprint density at radius 3 is 2.70 bits per heavy atom. The van der Waals surface area contributed by atoms with Gasteiger partial charge in [-0.25, -0.2) is 0 Å². The van der Waals surface area contributed by atoms with E-state index < -0.39 is 4.92 Å². The summed E-state index contributed by atoms with van der Waals surface area (Å²) in [5.41, 5.74) is 0.739. The molecule has 1 aromatic rings. The molecule has 7 nitrogen and oxygen atoms in total. The third-order valence-electron chi connectivity index (χ3n) is 4.19. The van der Waals surface area contributed by atoms with E-state index in [-0.39, 0.29) is 11.6 Å². The second kappa shape index (κ2) is 4.82. The summed E-state index contributed by atoms with van der Waals surface area (Å²) < 4.78 is 0. The summed E-state index contributed by atoms with van der Waals surface area (Å²) in [5, 5.41) is 14.1. The molecule has 2 aliphatic heterocycles. The van der Waals surface area contributed by atoms with E-state index in [2.05, 4.69) is 10.3 Å². The molecular weight excluding hydrogens is 260 g/mol. The number of aryl methyl sites for hydroxylation is 1. The number of likely N-dealkylation sites (tertiary alicyclic amines) is 1. The third-order valence-corrected chi connectivity index (χ3v) is 4.19. The highest BCUT2D eigenvalue weighted by Crippen LogP contribution is 2.28. The van der Waals surface area contributed by atoms with Gasteiger partial charge in [0.2, 0.25) is 0 Å². The van der Waals surface area contributed by atoms with Gasteiger partial charge in [0.1, 0.15) is 6.20 Å². The maximum Gasteiger partial charge on any atom is 0.288 e. The number of pyridine rings is 1. The van der Waals surface area contributed by atoms with Crippen molar-refractivity contribution in [2.45, 2.75) is 6.92 Å². The van der Waals surface area contributed by atoms with Crippen LogP contribution in [0.2, 0.25) is 0 Å². The Kier molecular flexibility index (Phi) is 3.13. The van der Waals surface area contributed by atoms with Crippen molar-refractivity contribution >= 4 is 11.6 Å². The molecule has 0 bridgehead atoms. The molecule has 1 amide bonds. The van der Waals surface area contributed by atoms with E-state index in [4.69, 9.17) is 0 Å². The van der Waals surface area contributed by atoms with Crippen molar-refractivity contribution in [1.29, 1.82) is 0 Å². The number of nitrogens with zero attached hydrogens (tertiary/aromatic N) is 3. The van der Waals surface area contributed by atoms with E-state index in [0.29, 0.717) is 23.1 Å². The van der Waals surface area contributed by atoms with Crippen LogP contribution in [0.15, 0.2) is 12.3 Å². The minimum atomic E-state index is -0.522. The molecule has 7 heteroatoms. The second-order valence-electron chi connectivity index (χ2n) is 5.47. The second-order valence-corrected chi connectivity index (χ2v) is 5.47. The van der Waals surface area contributed by atoms with Gasteiger partial charge in [-0.1, -0.05) is 0 Å². The van der Waals surface area contributed by atoms with Crippen molar-refractivity contribution in [1.82, 2.24) is 15.2 Å². The average Bonchev–Trinajstić information content (AvgIpc) is 2.98. The number of aromatic nitrogens is 1. The van der Waals surface area contributed by atoms with Crippen LogP contribution in [0.4, 0.5) is 5.69 Å². The Morgan fingerprint density at radius 1 is 1.45 bits per heavy atom. The number of nitro groups is 1. The van der Waals surface area contributed by atoms with Crippen molar-refractivity contribution in [2.24, 2.45) is 11.8 Å². The zero-order valence-electron chi connectivity index (χ0n) is 11.2. The highest BCUT2D eigenvalue weighted by molar-refractivity contribution is 5.96. The van der Waals surface area contributed by atoms with Crippen LogP contribution in [-0.4, -0.2) is 46.9 Å². The molecule has 2 aliphatic rings. The molecule has 2 atom stereocenters. The standard InChI is InChI=1S/C13H16N4O3/c1-8-12(2-11(5-15-8)17(19)20)13(18)16-6-9-3-14-4-10(9)7-16/h2,5,9-10,14H,3-4,6-7H2,1H3/t9-,10+. The molecule has 106 valence electrons. The molecule has 0 aliphatic carbocycles. The van der Waals surface area contributed by atoms with Gasteiger partial charge < -0.3 is 10.2 Å². The lowest BCUT2D eigenvalue weighted by molar-refractivity contribution is -0.385. The quantitative estimate of drug-likeness (QED) is 0.631. The first kappa shape index (κ1) is 13.0. The Labute approximate surface area is 116 Å². The predicted molar refractivity (Wildman–Crippen MR) is 71.4 cm³/mol. The fourth-order valence-corrected chi connectivity index (χ4v) is 3.03. The highest BCUT2D eigenvalue weighted by Gasteiger charge is 2.38. The van der Waals surface area contributed by atoms with Gasteiger partial charge in [0.15, 0.2) is 0 Å². The number of hydrogen-bond donors (Lipinski definition) is 1. The van der Waals surface area contributed by atoms with Gasteiger partial charge in [-0.2, -0.15) is 0 Å². The van der Waals surface area contributed by atoms with Gasteiger partial charge in [0.25, 0.3) is 11.6 Å². The Balaban J connectivity index is 1.84. The summed E-state index contributed by atoms with van der Waals surface area (Å²) in [6.45, 7) is 5.04. The van der Waals surface area contributed by atoms with Gasteiger partial charge in [-0.05, 0) is 18.8 Å². The number of hydrogen-bond acceptors (Lipinski definition) is 5. The van der Waals surface area contributed by atoms with E-state index in [1.165, 1.54) is 12.3 Å². The normalized spacial score (nSPS) is 24.8. The maximum atomic E-state index is 12.5. The van der Waals surface area contributed by atoms with Gasteiger partial charge in [0, 0.05) is 32.2 Å². The summed E-state index contributed by atoms with van der Waals surface area (Å²) in [4.78, 5) is 28.6. The van der Waals surface area contributed by atoms with Crippen LogP contribution in [0, 0.1) is 28.9 Å². The van der Waals surface area contributed by atoms with E-state index in [1.54, 1.807) is 11.8 Å². The van der Waals surface area contributed by atoms with Crippen molar-refractivity contribution < 1.29 is 9.72 Å². The van der Waals surface area contributed by atoms with Crippen LogP contribution >= 0.6 is 0 Å². The van der Waals surface area contributed by atoms with E-state index in [0.717, 1.165) is 26.2 Å². The first-order valence-corrected chi connectivity index (χ1v) is 6.67. The molecule has 0 saturated carbocycles. The lowest BCUT2D eigenvalue weighted by atomic mass is 10.0. The van der Waals surface area contributed by atoms with Crippen molar-refractivity contribution in [2.75, 3.05) is 26.2 Å². The molecule has 0 radical (unpaired) electrons. The first-order chi connectivity index (χ1) is 9.56. The van der Waals surface area contributed by atoms with Crippen LogP contribution < -0.4 is 5.32 Å². The van der Waals surface area contributed by atoms with E-state index >= 15 is 0 Å². The van der Waals surface area contributed by atoms with Crippen LogP contribution in [0.3, 0.4) is 0 Å². The monoisotopic (exact) mass is 276 g/mol. The Bertz CT molecular complexity index is 563. The molecule has 0 unspecified atom stereocenters. The van der Waals surface area contributed by atoms with Crippen LogP contribution in [0.5, 0.6) is 0 Å². The number of rotatable bonds is 2. The van der Waals surface area contributed by atoms with Gasteiger partial charge in [0.05, 0.1) is 16.2 Å². The van der Waals surface area contributed by atoms with Gasteiger partial charge in [-0.3, -0.25) is 19.9 Å². The minimum absolute atomic E-state index is 0.139. The summed E-state index contributed by atoms with van der Waals surface area (Å²) >= 11 is 0. The summed E-state index contributed by atoms with van der Waals surface area (Å²) in [5.74, 6) is 0.866. The molecule has 0 aromatic carbocycles. The zero-order chi connectivity index (χ0) is 14.3. The van der Waals surface area contributed by atoms with Crippen LogP contribution in [-0.2, 0) is 0 Å². The number of nitrogens with one attached hydrogen (secondary N) is 1. The molecule has 2 fully saturated rings. The van der Waals surface area contributed by atoms with Gasteiger partial charge in [-0.15, -0.1) is 0 Å². The Hall–Kier alpha value is -2.02. The molecule has 20 heavy (non-hydrogen) atoms. The zero-order valence-corrected chi connectivity index (χ0v) is 11.2. The van der Waals surface area contributed by atoms with Crippen molar-refractivity contribution in [3.63, 3.8) is 0 Å². The van der Waals surface area contributed by atoms with Crippen LogP contribution in [0.1, 0.15) is 16.1 Å². The molecule has 0 spiro atoms. The van der Waals surface area contributed by atoms with Crippen LogP contribution in [0.25, 0.3) is 0 Å². The molecule has 2 saturated heterocycles. The highest BCUT2D eigenvalue weighted by atomic mass is 16.6. The topological polar surface area (TPSA) is 88.4 Å². The lowest BCUT2D eigenvalue weighted by Gasteiger charge is -2.18. The minimum Gasteiger partial charge on any atom is -0.338 e. The smallest absolute Gasteiger partial charge is 0.288 e. The summed E-state index contributed by atoms with van der Waals surface area (Å²) in [6.07, 6.45) is 1.19. The Morgan fingerprint density at radius 2 is 2.10 bits per heavy atom. The predicted octanol–water partition coefficient (Wildman–Crippen LogP) is 0.590. The lowest BCUT2D eigenvalue weighted by Crippen LogP contribution is -2.32. The molecule has 3 heterocycles. The van der Waals surface area contributed by atoms with Crippen molar-refractivity contribution in [3.05, 3.63) is 33.6 Å². The number of amides is 1. The molecule has 1 N–H and O–H groups in total. The van der Waals surface area contributed by atoms with Crippen molar-refractivity contribution in [3.8, 4) is 0 Å². The number of carbonyl (C=O) groups is 1. The maximum absolute atomic E-state index is 12.5. The third kappa shape index (κ3) is 2.14. The fourth-order valence-electron chi connectivity index (χ4n) is 3.03. The summed E-state index contributed by atoms with van der Waals surface area (Å²) in [7, 11) is 0. The molecule has 1 aromatic heterocycles. The number of fused-ring (bicyclic) bond motifs is 1.